The van der Waals surface area contributed by atoms with Gasteiger partial charge in [-0.25, -0.2) is 4.98 Å². The highest BCUT2D eigenvalue weighted by atomic mass is 35.5. The zero-order valence-corrected chi connectivity index (χ0v) is 23.6. The van der Waals surface area contributed by atoms with E-state index >= 15 is 0 Å². The van der Waals surface area contributed by atoms with Gasteiger partial charge in [-0.15, -0.1) is 0 Å². The fourth-order valence-electron chi connectivity index (χ4n) is 6.64. The predicted molar refractivity (Wildman–Crippen MR) is 160 cm³/mol. The summed E-state index contributed by atoms with van der Waals surface area (Å²) in [4.78, 5) is 22.8. The summed E-state index contributed by atoms with van der Waals surface area (Å²) in [5, 5.41) is 12.3. The van der Waals surface area contributed by atoms with E-state index in [1.54, 1.807) is 0 Å². The average molecular weight is 556 g/mol. The molecule has 206 valence electrons. The molecule has 1 saturated heterocycles. The van der Waals surface area contributed by atoms with Crippen molar-refractivity contribution in [1.29, 1.82) is 0 Å². The second-order valence-electron chi connectivity index (χ2n) is 11.1. The van der Waals surface area contributed by atoms with E-state index < -0.39 is 11.4 Å². The lowest BCUT2D eigenvalue weighted by Gasteiger charge is -2.45. The van der Waals surface area contributed by atoms with Gasteiger partial charge in [-0.1, -0.05) is 60.5 Å². The van der Waals surface area contributed by atoms with Crippen LogP contribution in [-0.4, -0.2) is 52.7 Å². The molecule has 2 aliphatic heterocycles. The summed E-state index contributed by atoms with van der Waals surface area (Å²) in [7, 11) is 0. The van der Waals surface area contributed by atoms with E-state index in [0.29, 0.717) is 30.0 Å². The van der Waals surface area contributed by atoms with Gasteiger partial charge >= 0.3 is 5.97 Å². The van der Waals surface area contributed by atoms with E-state index in [4.69, 9.17) is 21.3 Å². The number of nitrogens with zero attached hydrogens (tertiary/aromatic N) is 3. The van der Waals surface area contributed by atoms with Crippen molar-refractivity contribution < 1.29 is 14.6 Å². The van der Waals surface area contributed by atoms with Crippen LogP contribution in [0.25, 0.3) is 10.9 Å². The van der Waals surface area contributed by atoms with Crippen LogP contribution >= 0.6 is 11.6 Å². The van der Waals surface area contributed by atoms with E-state index in [-0.39, 0.29) is 0 Å². The van der Waals surface area contributed by atoms with Crippen molar-refractivity contribution in [3.05, 3.63) is 95.0 Å². The molecule has 1 aromatic heterocycles. The summed E-state index contributed by atoms with van der Waals surface area (Å²) in [6.07, 6.45) is 2.23. The standard InChI is InChI=1S/C33H34ClN3O3/c1-22-20-36(31-17-16-24-27(34)12-9-13-28(24)35-31)21-23(2)37(22)19-8-7-18-33(32(38)39)25-10-3-5-14-29(25)40-30-15-6-4-11-26(30)33/h3-6,9-17,22-23H,7-8,18-21H2,1-2H3,(H,38,39)/t22-,23+. The van der Waals surface area contributed by atoms with Crippen LogP contribution in [0.2, 0.25) is 5.02 Å². The third kappa shape index (κ3) is 4.59. The van der Waals surface area contributed by atoms with E-state index in [2.05, 4.69) is 35.8 Å². The highest BCUT2D eigenvalue weighted by Crippen LogP contribution is 2.50. The SMILES string of the molecule is C[C@@H]1CN(c2ccc3c(Cl)cccc3n2)C[C@H](C)N1CCCCC1(C(=O)O)c2ccccc2Oc2ccccc21. The molecule has 0 bridgehead atoms. The Labute approximate surface area is 240 Å². The molecule has 0 saturated carbocycles. The average Bonchev–Trinajstić information content (AvgIpc) is 2.95. The van der Waals surface area contributed by atoms with E-state index in [0.717, 1.165) is 65.3 Å². The lowest BCUT2D eigenvalue weighted by Crippen LogP contribution is -2.57. The number of para-hydroxylation sites is 2. The smallest absolute Gasteiger partial charge is 0.318 e. The first-order valence-corrected chi connectivity index (χ1v) is 14.4. The van der Waals surface area contributed by atoms with Gasteiger partial charge in [-0.05, 0) is 69.6 Å². The van der Waals surface area contributed by atoms with E-state index in [1.165, 1.54) is 0 Å². The van der Waals surface area contributed by atoms with Crippen LogP contribution in [0.4, 0.5) is 5.82 Å². The molecule has 6 rings (SSSR count). The fraction of sp³-hybridized carbons (Fsp3) is 0.333. The first-order valence-electron chi connectivity index (χ1n) is 14.0. The Morgan fingerprint density at radius 3 is 2.23 bits per heavy atom. The number of aromatic nitrogens is 1. The van der Waals surface area contributed by atoms with Crippen LogP contribution in [-0.2, 0) is 10.2 Å². The molecule has 1 N–H and O–H groups in total. The van der Waals surface area contributed by atoms with Crippen LogP contribution in [0.15, 0.2) is 78.9 Å². The molecule has 7 heteroatoms. The van der Waals surface area contributed by atoms with Crippen LogP contribution in [0, 0.1) is 0 Å². The number of fused-ring (bicyclic) bond motifs is 3. The third-order valence-corrected chi connectivity index (χ3v) is 8.92. The molecular weight excluding hydrogens is 522 g/mol. The minimum Gasteiger partial charge on any atom is -0.480 e. The van der Waals surface area contributed by atoms with Crippen molar-refractivity contribution in [3.63, 3.8) is 0 Å². The van der Waals surface area contributed by atoms with Crippen LogP contribution in [0.1, 0.15) is 44.2 Å². The number of hydrogen-bond acceptors (Lipinski definition) is 5. The predicted octanol–water partition coefficient (Wildman–Crippen LogP) is 7.13. The molecule has 4 aromatic rings. The lowest BCUT2D eigenvalue weighted by molar-refractivity contribution is -0.142. The van der Waals surface area contributed by atoms with Crippen LogP contribution in [0.3, 0.4) is 0 Å². The van der Waals surface area contributed by atoms with Gasteiger partial charge in [0.1, 0.15) is 22.7 Å². The van der Waals surface area contributed by atoms with Crippen molar-refractivity contribution in [2.45, 2.75) is 50.6 Å². The number of ether oxygens (including phenoxy) is 1. The summed E-state index contributed by atoms with van der Waals surface area (Å²) >= 11 is 6.35. The number of aliphatic carboxylic acids is 1. The summed E-state index contributed by atoms with van der Waals surface area (Å²) in [6.45, 7) is 7.24. The third-order valence-electron chi connectivity index (χ3n) is 8.59. The van der Waals surface area contributed by atoms with Crippen molar-refractivity contribution in [2.24, 2.45) is 0 Å². The Morgan fingerprint density at radius 2 is 1.57 bits per heavy atom. The fourth-order valence-corrected chi connectivity index (χ4v) is 6.87. The number of carboxylic acid groups (broad SMARTS) is 1. The van der Waals surface area contributed by atoms with Crippen molar-refractivity contribution >= 4 is 34.3 Å². The topological polar surface area (TPSA) is 65.9 Å². The van der Waals surface area contributed by atoms with Gasteiger partial charge in [0.2, 0.25) is 0 Å². The number of rotatable bonds is 7. The number of halogens is 1. The number of unbranched alkanes of at least 4 members (excludes halogenated alkanes) is 1. The summed E-state index contributed by atoms with van der Waals surface area (Å²) in [5.74, 6) is 1.42. The number of hydrogen-bond donors (Lipinski definition) is 1. The van der Waals surface area contributed by atoms with Gasteiger partial charge < -0.3 is 14.7 Å². The number of carbonyl (C=O) groups is 1. The normalized spacial score (nSPS) is 20.0. The minimum atomic E-state index is -1.12. The van der Waals surface area contributed by atoms with Gasteiger partial charge in [0.25, 0.3) is 0 Å². The summed E-state index contributed by atoms with van der Waals surface area (Å²) in [5.41, 5.74) is 1.27. The largest absolute Gasteiger partial charge is 0.480 e. The molecule has 0 spiro atoms. The molecule has 3 heterocycles. The number of piperazine rings is 1. The zero-order valence-electron chi connectivity index (χ0n) is 22.9. The number of carboxylic acids is 1. The van der Waals surface area contributed by atoms with Crippen LogP contribution < -0.4 is 9.64 Å². The number of pyridine rings is 1. The van der Waals surface area contributed by atoms with Gasteiger partial charge in [0, 0.05) is 46.7 Å². The molecule has 0 amide bonds. The van der Waals surface area contributed by atoms with Crippen LogP contribution in [0.5, 0.6) is 11.5 Å². The molecule has 3 aromatic carbocycles. The maximum atomic E-state index is 13.0. The number of benzene rings is 3. The molecule has 0 aliphatic carbocycles. The molecule has 1 fully saturated rings. The Bertz CT molecular complexity index is 1500. The maximum absolute atomic E-state index is 13.0. The minimum absolute atomic E-state index is 0.346. The lowest BCUT2D eigenvalue weighted by atomic mass is 9.69. The monoisotopic (exact) mass is 555 g/mol. The zero-order chi connectivity index (χ0) is 27.9. The first kappa shape index (κ1) is 26.6. The molecule has 40 heavy (non-hydrogen) atoms. The number of anilines is 1. The van der Waals surface area contributed by atoms with Crippen molar-refractivity contribution in [3.8, 4) is 11.5 Å². The van der Waals surface area contributed by atoms with Crippen molar-refractivity contribution in [2.75, 3.05) is 24.5 Å². The second kappa shape index (κ2) is 10.8. The summed E-state index contributed by atoms with van der Waals surface area (Å²) in [6, 6.07) is 25.8. The van der Waals surface area contributed by atoms with Gasteiger partial charge in [-0.2, -0.15) is 0 Å². The quantitative estimate of drug-likeness (QED) is 0.245. The Kier molecular flexibility index (Phi) is 7.15. The highest BCUT2D eigenvalue weighted by molar-refractivity contribution is 6.35. The molecule has 6 nitrogen and oxygen atoms in total. The van der Waals surface area contributed by atoms with Gasteiger partial charge in [-0.3, -0.25) is 9.69 Å². The van der Waals surface area contributed by atoms with Crippen molar-refractivity contribution in [1.82, 2.24) is 9.88 Å². The molecule has 0 unspecified atom stereocenters. The highest BCUT2D eigenvalue weighted by Gasteiger charge is 2.48. The Hall–Kier alpha value is -3.61. The molecule has 2 atom stereocenters. The Balaban J connectivity index is 1.14. The van der Waals surface area contributed by atoms with Gasteiger partial charge in [0.05, 0.1) is 5.52 Å². The molecule has 0 radical (unpaired) electrons. The first-order chi connectivity index (χ1) is 19.4. The molecular formula is C33H34ClN3O3. The molecule has 2 aliphatic rings. The second-order valence-corrected chi connectivity index (χ2v) is 11.5. The Morgan fingerprint density at radius 1 is 0.925 bits per heavy atom. The van der Waals surface area contributed by atoms with Gasteiger partial charge in [0.15, 0.2) is 0 Å². The maximum Gasteiger partial charge on any atom is 0.318 e. The summed E-state index contributed by atoms with van der Waals surface area (Å²) < 4.78 is 6.10. The van der Waals surface area contributed by atoms with E-state index in [9.17, 15) is 9.90 Å². The van der Waals surface area contributed by atoms with E-state index in [1.807, 2.05) is 66.7 Å².